The molecule has 0 saturated heterocycles. The van der Waals surface area contributed by atoms with Gasteiger partial charge in [0, 0.05) is 24.2 Å². The van der Waals surface area contributed by atoms with E-state index in [9.17, 15) is 10.1 Å². The summed E-state index contributed by atoms with van der Waals surface area (Å²) >= 11 is 0. The molecule has 0 aliphatic heterocycles. The first-order valence-electron chi connectivity index (χ1n) is 5.40. The lowest BCUT2D eigenvalue weighted by Crippen LogP contribution is -2.13. The second-order valence-electron chi connectivity index (χ2n) is 3.43. The second kappa shape index (κ2) is 6.65. The molecule has 1 aromatic carbocycles. The Morgan fingerprint density at radius 1 is 1.59 bits per heavy atom. The molecule has 5 nitrogen and oxygen atoms in total. The summed E-state index contributed by atoms with van der Waals surface area (Å²) in [6, 6.07) is 4.59. The van der Waals surface area contributed by atoms with Crippen molar-refractivity contribution in [2.24, 2.45) is 0 Å². The third-order valence-electron chi connectivity index (χ3n) is 2.18. The molecule has 1 N–H and O–H groups in total. The number of hydrogen-bond acceptors (Lipinski definition) is 4. The van der Waals surface area contributed by atoms with Crippen molar-refractivity contribution in [1.29, 1.82) is 0 Å². The Balaban J connectivity index is 2.93. The molecule has 5 heteroatoms. The van der Waals surface area contributed by atoms with Crippen LogP contribution in [0.5, 0.6) is 5.75 Å². The highest BCUT2D eigenvalue weighted by Gasteiger charge is 2.11. The maximum absolute atomic E-state index is 10.7. The van der Waals surface area contributed by atoms with Crippen LogP contribution in [0.25, 0.3) is 0 Å². The summed E-state index contributed by atoms with van der Waals surface area (Å²) in [5.74, 6) is 0.649. The predicted octanol–water partition coefficient (Wildman–Crippen LogP) is 2.27. The summed E-state index contributed by atoms with van der Waals surface area (Å²) in [5.41, 5.74) is 0.853. The van der Waals surface area contributed by atoms with E-state index in [0.717, 1.165) is 12.1 Å². The van der Waals surface area contributed by atoms with Crippen LogP contribution in [0.4, 0.5) is 5.69 Å². The number of hydrogen-bond donors (Lipinski definition) is 1. The zero-order valence-electron chi connectivity index (χ0n) is 9.81. The summed E-state index contributed by atoms with van der Waals surface area (Å²) in [7, 11) is 0. The van der Waals surface area contributed by atoms with Crippen LogP contribution < -0.4 is 10.1 Å². The van der Waals surface area contributed by atoms with Gasteiger partial charge in [-0.25, -0.2) is 0 Å². The normalized spacial score (nSPS) is 9.94. The average molecular weight is 236 g/mol. The molecule has 1 aromatic rings. The third-order valence-corrected chi connectivity index (χ3v) is 2.18. The van der Waals surface area contributed by atoms with Crippen molar-refractivity contribution in [3.63, 3.8) is 0 Å². The monoisotopic (exact) mass is 236 g/mol. The number of benzene rings is 1. The van der Waals surface area contributed by atoms with Crippen LogP contribution >= 0.6 is 0 Å². The van der Waals surface area contributed by atoms with Crippen LogP contribution in [-0.4, -0.2) is 18.1 Å². The van der Waals surface area contributed by atoms with Gasteiger partial charge in [0.05, 0.1) is 4.92 Å². The molecule has 0 unspecified atom stereocenters. The fourth-order valence-corrected chi connectivity index (χ4v) is 1.37. The summed E-state index contributed by atoms with van der Waals surface area (Å²) < 4.78 is 5.44. The zero-order valence-corrected chi connectivity index (χ0v) is 9.81. The molecule has 17 heavy (non-hydrogen) atoms. The Morgan fingerprint density at radius 3 is 2.94 bits per heavy atom. The number of rotatable bonds is 7. The molecule has 0 fully saturated rings. The van der Waals surface area contributed by atoms with Gasteiger partial charge < -0.3 is 10.1 Å². The van der Waals surface area contributed by atoms with E-state index in [1.807, 2.05) is 6.92 Å². The minimum atomic E-state index is -0.410. The number of ether oxygens (including phenoxy) is 1. The standard InChI is InChI=1S/C12H16N2O3/c1-3-7-17-12-6-5-11(14(15)16)8-10(12)9-13-4-2/h3,5-6,8,13H,1,4,7,9H2,2H3. The molecule has 92 valence electrons. The first-order valence-corrected chi connectivity index (χ1v) is 5.40. The molecule has 0 bridgehead atoms. The van der Waals surface area contributed by atoms with Crippen LogP contribution in [-0.2, 0) is 6.54 Å². The number of nitro groups is 1. The van der Waals surface area contributed by atoms with Gasteiger partial charge in [0.1, 0.15) is 12.4 Å². The first-order chi connectivity index (χ1) is 8.19. The second-order valence-corrected chi connectivity index (χ2v) is 3.43. The largest absolute Gasteiger partial charge is 0.489 e. The van der Waals surface area contributed by atoms with Gasteiger partial charge in [-0.05, 0) is 12.6 Å². The Labute approximate surface area is 100 Å². The quantitative estimate of drug-likeness (QED) is 0.448. The summed E-state index contributed by atoms with van der Waals surface area (Å²) in [6.45, 7) is 7.27. The number of nitrogens with one attached hydrogen (secondary N) is 1. The Bertz CT molecular complexity index is 405. The molecular formula is C12H16N2O3. The first kappa shape index (κ1) is 13.2. The SMILES string of the molecule is C=CCOc1ccc([N+](=O)[O-])cc1CNCC. The van der Waals surface area contributed by atoms with Crippen molar-refractivity contribution in [3.8, 4) is 5.75 Å². The topological polar surface area (TPSA) is 64.4 Å². The summed E-state index contributed by atoms with van der Waals surface area (Å²) in [4.78, 5) is 10.3. The van der Waals surface area contributed by atoms with E-state index in [4.69, 9.17) is 4.74 Å². The number of non-ortho nitro benzene ring substituents is 1. The van der Waals surface area contributed by atoms with Gasteiger partial charge in [-0.3, -0.25) is 10.1 Å². The maximum atomic E-state index is 10.7. The fourth-order valence-electron chi connectivity index (χ4n) is 1.37. The smallest absolute Gasteiger partial charge is 0.270 e. The third kappa shape index (κ3) is 3.88. The molecule has 0 aliphatic carbocycles. The van der Waals surface area contributed by atoms with Crippen LogP contribution in [0, 0.1) is 10.1 Å². The van der Waals surface area contributed by atoms with Crippen molar-refractivity contribution in [2.45, 2.75) is 13.5 Å². The molecule has 0 radical (unpaired) electrons. The highest BCUT2D eigenvalue weighted by atomic mass is 16.6. The number of nitrogens with zero attached hydrogens (tertiary/aromatic N) is 1. The van der Waals surface area contributed by atoms with E-state index in [1.54, 1.807) is 12.1 Å². The molecule has 0 aliphatic rings. The molecule has 0 amide bonds. The van der Waals surface area contributed by atoms with Crippen molar-refractivity contribution >= 4 is 5.69 Å². The summed E-state index contributed by atoms with van der Waals surface area (Å²) in [6.07, 6.45) is 1.64. The molecule has 1 rings (SSSR count). The van der Waals surface area contributed by atoms with Crippen molar-refractivity contribution < 1.29 is 9.66 Å². The lowest BCUT2D eigenvalue weighted by molar-refractivity contribution is -0.384. The molecule has 0 atom stereocenters. The maximum Gasteiger partial charge on any atom is 0.270 e. The van der Waals surface area contributed by atoms with Crippen LogP contribution in [0.15, 0.2) is 30.9 Å². The van der Waals surface area contributed by atoms with Crippen LogP contribution in [0.2, 0.25) is 0 Å². The van der Waals surface area contributed by atoms with Gasteiger partial charge in [0.2, 0.25) is 0 Å². The van der Waals surface area contributed by atoms with Crippen molar-refractivity contribution in [2.75, 3.05) is 13.2 Å². The van der Waals surface area contributed by atoms with E-state index in [-0.39, 0.29) is 5.69 Å². The lowest BCUT2D eigenvalue weighted by Gasteiger charge is -2.10. The molecule has 0 heterocycles. The lowest BCUT2D eigenvalue weighted by atomic mass is 10.1. The molecular weight excluding hydrogens is 220 g/mol. The Kier molecular flexibility index (Phi) is 5.16. The van der Waals surface area contributed by atoms with Gasteiger partial charge >= 0.3 is 0 Å². The minimum absolute atomic E-state index is 0.0730. The van der Waals surface area contributed by atoms with Crippen LogP contribution in [0.1, 0.15) is 12.5 Å². The van der Waals surface area contributed by atoms with E-state index in [1.165, 1.54) is 12.1 Å². The van der Waals surface area contributed by atoms with Gasteiger partial charge in [0.15, 0.2) is 0 Å². The van der Waals surface area contributed by atoms with E-state index in [2.05, 4.69) is 11.9 Å². The van der Waals surface area contributed by atoms with E-state index >= 15 is 0 Å². The zero-order chi connectivity index (χ0) is 12.7. The van der Waals surface area contributed by atoms with Crippen LogP contribution in [0.3, 0.4) is 0 Å². The van der Waals surface area contributed by atoms with Crippen molar-refractivity contribution in [3.05, 3.63) is 46.5 Å². The summed E-state index contributed by atoms with van der Waals surface area (Å²) in [5, 5.41) is 13.8. The highest BCUT2D eigenvalue weighted by Crippen LogP contribution is 2.24. The van der Waals surface area contributed by atoms with Gasteiger partial charge in [-0.1, -0.05) is 19.6 Å². The molecule has 0 spiro atoms. The fraction of sp³-hybridized carbons (Fsp3) is 0.333. The predicted molar refractivity (Wildman–Crippen MR) is 66.2 cm³/mol. The van der Waals surface area contributed by atoms with Gasteiger partial charge in [-0.2, -0.15) is 0 Å². The highest BCUT2D eigenvalue weighted by molar-refractivity contribution is 5.43. The molecule has 0 aromatic heterocycles. The van der Waals surface area contributed by atoms with E-state index in [0.29, 0.717) is 18.9 Å². The molecule has 0 saturated carbocycles. The van der Waals surface area contributed by atoms with Gasteiger partial charge in [-0.15, -0.1) is 0 Å². The van der Waals surface area contributed by atoms with Crippen molar-refractivity contribution in [1.82, 2.24) is 5.32 Å². The minimum Gasteiger partial charge on any atom is -0.489 e. The Hall–Kier alpha value is -1.88. The number of nitro benzene ring substituents is 1. The van der Waals surface area contributed by atoms with Gasteiger partial charge in [0.25, 0.3) is 5.69 Å². The average Bonchev–Trinajstić information content (AvgIpc) is 2.34. The van der Waals surface area contributed by atoms with E-state index < -0.39 is 4.92 Å². The Morgan fingerprint density at radius 2 is 2.35 bits per heavy atom.